The van der Waals surface area contributed by atoms with E-state index in [1.54, 1.807) is 14.2 Å². The fourth-order valence-corrected chi connectivity index (χ4v) is 2.96. The molecule has 0 amide bonds. The van der Waals surface area contributed by atoms with Crippen molar-refractivity contribution in [2.45, 2.75) is 5.33 Å². The Hall–Kier alpha value is -1.56. The Labute approximate surface area is 152 Å². The molecule has 0 heterocycles. The molecule has 0 aliphatic heterocycles. The zero-order valence-electron chi connectivity index (χ0n) is 14.3. The normalized spacial score (nSPS) is 10.8. The molecule has 0 aromatic heterocycles. The molecule has 2 aromatic rings. The van der Waals surface area contributed by atoms with Crippen molar-refractivity contribution in [3.05, 3.63) is 48.0 Å². The zero-order chi connectivity index (χ0) is 17.4. The van der Waals surface area contributed by atoms with Gasteiger partial charge >= 0.3 is 0 Å². The molecule has 2 N–H and O–H groups in total. The number of halogens is 1. The molecular formula is C19H25BrN2O2. The van der Waals surface area contributed by atoms with E-state index in [2.05, 4.69) is 51.2 Å². The minimum absolute atomic E-state index is 0.663. The maximum absolute atomic E-state index is 6.05. The number of nitrogen functional groups attached to an aromatic ring is 1. The Morgan fingerprint density at radius 2 is 1.58 bits per heavy atom. The Morgan fingerprint density at radius 3 is 2.12 bits per heavy atom. The Bertz CT molecular complexity index is 624. The average Bonchev–Trinajstić information content (AvgIpc) is 2.62. The fourth-order valence-electron chi connectivity index (χ4n) is 2.59. The first-order chi connectivity index (χ1) is 11.7. The van der Waals surface area contributed by atoms with Crippen LogP contribution in [0.1, 0.15) is 5.56 Å². The molecule has 0 aliphatic rings. The van der Waals surface area contributed by atoms with E-state index in [9.17, 15) is 0 Å². The van der Waals surface area contributed by atoms with E-state index >= 15 is 0 Å². The van der Waals surface area contributed by atoms with Crippen LogP contribution in [0.4, 0.5) is 11.4 Å². The predicted octanol–water partition coefficient (Wildman–Crippen LogP) is 3.93. The summed E-state index contributed by atoms with van der Waals surface area (Å²) in [4.78, 5) is 2.28. The van der Waals surface area contributed by atoms with Crippen LogP contribution >= 0.6 is 15.9 Å². The highest BCUT2D eigenvalue weighted by molar-refractivity contribution is 9.08. The molecule has 0 unspecified atom stereocenters. The van der Waals surface area contributed by atoms with E-state index in [1.807, 2.05) is 12.1 Å². The van der Waals surface area contributed by atoms with Gasteiger partial charge in [-0.3, -0.25) is 0 Å². The van der Waals surface area contributed by atoms with Crippen LogP contribution in [0.15, 0.2) is 42.5 Å². The van der Waals surface area contributed by atoms with Crippen LogP contribution in [0.5, 0.6) is 0 Å². The number of rotatable bonds is 9. The molecule has 0 spiro atoms. The molecule has 24 heavy (non-hydrogen) atoms. The molecule has 0 saturated heterocycles. The van der Waals surface area contributed by atoms with Crippen LogP contribution in [0.3, 0.4) is 0 Å². The largest absolute Gasteiger partial charge is 0.399 e. The van der Waals surface area contributed by atoms with E-state index in [1.165, 1.54) is 5.56 Å². The van der Waals surface area contributed by atoms with Gasteiger partial charge in [0.25, 0.3) is 0 Å². The minimum Gasteiger partial charge on any atom is -0.399 e. The molecule has 0 bridgehead atoms. The number of anilines is 2. The molecule has 0 saturated carbocycles. The van der Waals surface area contributed by atoms with Gasteiger partial charge in [0.15, 0.2) is 0 Å². The van der Waals surface area contributed by atoms with Gasteiger partial charge in [-0.25, -0.2) is 0 Å². The summed E-state index contributed by atoms with van der Waals surface area (Å²) in [6.45, 7) is 2.93. The molecular weight excluding hydrogens is 368 g/mol. The highest BCUT2D eigenvalue weighted by atomic mass is 79.9. The first-order valence-electron chi connectivity index (χ1n) is 7.97. The van der Waals surface area contributed by atoms with Gasteiger partial charge in [0.05, 0.1) is 13.2 Å². The van der Waals surface area contributed by atoms with Crippen LogP contribution in [-0.4, -0.2) is 40.5 Å². The lowest BCUT2D eigenvalue weighted by Gasteiger charge is -2.27. The summed E-state index contributed by atoms with van der Waals surface area (Å²) in [6.07, 6.45) is 0. The lowest BCUT2D eigenvalue weighted by atomic mass is 10.0. The van der Waals surface area contributed by atoms with Crippen molar-refractivity contribution in [2.24, 2.45) is 0 Å². The standard InChI is InChI=1S/C19H25BrN2O2/c1-23-11-9-22(10-12-24-2)19-8-7-17(21)13-18(19)16-5-3-15(14-20)4-6-16/h3-8,13H,9-12,14,21H2,1-2H3. The average molecular weight is 393 g/mol. The van der Waals surface area contributed by atoms with Gasteiger partial charge in [0.2, 0.25) is 0 Å². The molecule has 0 fully saturated rings. The SMILES string of the molecule is COCCN(CCOC)c1ccc(N)cc1-c1ccc(CBr)cc1. The van der Waals surface area contributed by atoms with Crippen molar-refractivity contribution in [1.82, 2.24) is 0 Å². The van der Waals surface area contributed by atoms with E-state index in [0.29, 0.717) is 13.2 Å². The summed E-state index contributed by atoms with van der Waals surface area (Å²) in [5, 5.41) is 0.852. The van der Waals surface area contributed by atoms with E-state index in [4.69, 9.17) is 15.2 Å². The second-order valence-electron chi connectivity index (χ2n) is 5.58. The van der Waals surface area contributed by atoms with E-state index < -0.39 is 0 Å². The van der Waals surface area contributed by atoms with Crippen LogP contribution in [0.2, 0.25) is 0 Å². The van der Waals surface area contributed by atoms with Crippen molar-refractivity contribution in [1.29, 1.82) is 0 Å². The first-order valence-corrected chi connectivity index (χ1v) is 9.09. The summed E-state index contributed by atoms with van der Waals surface area (Å²) in [6, 6.07) is 14.6. The quantitative estimate of drug-likeness (QED) is 0.518. The molecule has 0 atom stereocenters. The summed E-state index contributed by atoms with van der Waals surface area (Å²) in [7, 11) is 3.44. The number of nitrogens with zero attached hydrogens (tertiary/aromatic N) is 1. The number of benzene rings is 2. The van der Waals surface area contributed by atoms with Gasteiger partial charge in [-0.1, -0.05) is 40.2 Å². The lowest BCUT2D eigenvalue weighted by molar-refractivity contribution is 0.190. The molecule has 5 heteroatoms. The number of nitrogens with two attached hydrogens (primary N) is 1. The number of alkyl halides is 1. The lowest BCUT2D eigenvalue weighted by Crippen LogP contribution is -2.31. The minimum atomic E-state index is 0.663. The van der Waals surface area contributed by atoms with Crippen LogP contribution in [0, 0.1) is 0 Å². The first kappa shape index (κ1) is 18.8. The number of hydrogen-bond acceptors (Lipinski definition) is 4. The molecule has 2 aromatic carbocycles. The Morgan fingerprint density at radius 1 is 0.958 bits per heavy atom. The Kier molecular flexibility index (Phi) is 7.56. The number of hydrogen-bond donors (Lipinski definition) is 1. The molecule has 0 aliphatic carbocycles. The molecule has 4 nitrogen and oxygen atoms in total. The van der Waals surface area contributed by atoms with E-state index in [-0.39, 0.29) is 0 Å². The summed E-state index contributed by atoms with van der Waals surface area (Å²) in [5.74, 6) is 0. The van der Waals surface area contributed by atoms with Crippen molar-refractivity contribution >= 4 is 27.3 Å². The topological polar surface area (TPSA) is 47.7 Å². The monoisotopic (exact) mass is 392 g/mol. The third kappa shape index (κ3) is 4.97. The smallest absolute Gasteiger partial charge is 0.0637 e. The van der Waals surface area contributed by atoms with Crippen LogP contribution in [-0.2, 0) is 14.8 Å². The molecule has 2 rings (SSSR count). The van der Waals surface area contributed by atoms with Crippen LogP contribution < -0.4 is 10.6 Å². The second-order valence-corrected chi connectivity index (χ2v) is 6.14. The summed E-state index contributed by atoms with van der Waals surface area (Å²) >= 11 is 3.49. The highest BCUT2D eigenvalue weighted by Gasteiger charge is 2.13. The van der Waals surface area contributed by atoms with Crippen molar-refractivity contribution in [2.75, 3.05) is 51.2 Å². The predicted molar refractivity (Wildman–Crippen MR) is 105 cm³/mol. The maximum Gasteiger partial charge on any atom is 0.0637 e. The fraction of sp³-hybridized carbons (Fsp3) is 0.368. The van der Waals surface area contributed by atoms with Gasteiger partial charge in [0, 0.05) is 49.6 Å². The van der Waals surface area contributed by atoms with Gasteiger partial charge in [0.1, 0.15) is 0 Å². The van der Waals surface area contributed by atoms with Crippen molar-refractivity contribution in [3.8, 4) is 11.1 Å². The molecule has 130 valence electrons. The number of ether oxygens (including phenoxy) is 2. The third-order valence-electron chi connectivity index (χ3n) is 3.91. The zero-order valence-corrected chi connectivity index (χ0v) is 15.9. The summed E-state index contributed by atoms with van der Waals surface area (Å²) < 4.78 is 10.5. The maximum atomic E-state index is 6.05. The van der Waals surface area contributed by atoms with Gasteiger partial charge in [-0.05, 0) is 29.3 Å². The van der Waals surface area contributed by atoms with E-state index in [0.717, 1.165) is 40.9 Å². The van der Waals surface area contributed by atoms with Gasteiger partial charge < -0.3 is 20.1 Å². The van der Waals surface area contributed by atoms with Gasteiger partial charge in [-0.15, -0.1) is 0 Å². The second kappa shape index (κ2) is 9.67. The van der Waals surface area contributed by atoms with Crippen molar-refractivity contribution in [3.63, 3.8) is 0 Å². The molecule has 0 radical (unpaired) electrons. The van der Waals surface area contributed by atoms with Crippen LogP contribution in [0.25, 0.3) is 11.1 Å². The van der Waals surface area contributed by atoms with Gasteiger partial charge in [-0.2, -0.15) is 0 Å². The summed E-state index contributed by atoms with van der Waals surface area (Å²) in [5.41, 5.74) is 11.5. The highest BCUT2D eigenvalue weighted by Crippen LogP contribution is 2.33. The Balaban J connectivity index is 2.39. The van der Waals surface area contributed by atoms with Crippen molar-refractivity contribution < 1.29 is 9.47 Å². The third-order valence-corrected chi connectivity index (χ3v) is 4.56. The number of methoxy groups -OCH3 is 2.